The molecule has 2 bridgehead atoms. The Hall–Kier alpha value is -2.24. The Kier molecular flexibility index (Phi) is 4.65. The summed E-state index contributed by atoms with van der Waals surface area (Å²) in [4.78, 5) is 22.6. The minimum Gasteiger partial charge on any atom is -0.312 e. The number of nitrogens with zero attached hydrogens (tertiary/aromatic N) is 3. The first-order chi connectivity index (χ1) is 13.7. The highest BCUT2D eigenvalue weighted by Gasteiger charge is 2.35. The molecule has 5 rings (SSSR count). The third-order valence-electron chi connectivity index (χ3n) is 6.07. The standard InChI is InChI=1S/C23H25N3OS/c1-2-20-5-6-21(28-20)15-25-12-16-8-19(14-25)22-9-18(10-23(27)26(22)13-16)17-4-3-7-24-11-17/h3-7,9-11,16,19H,2,8,12-15H2,1H3/t16-,19+/m0/s1. The van der Waals surface area contributed by atoms with Gasteiger partial charge in [0.2, 0.25) is 0 Å². The zero-order valence-electron chi connectivity index (χ0n) is 16.2. The lowest BCUT2D eigenvalue weighted by Crippen LogP contribution is -2.46. The predicted octanol–water partition coefficient (Wildman–Crippen LogP) is 4.15. The third kappa shape index (κ3) is 3.33. The zero-order valence-corrected chi connectivity index (χ0v) is 17.0. The largest absolute Gasteiger partial charge is 0.312 e. The fourth-order valence-electron chi connectivity index (χ4n) is 4.81. The lowest BCUT2D eigenvalue weighted by Gasteiger charge is -2.42. The van der Waals surface area contributed by atoms with Crippen LogP contribution in [0.3, 0.4) is 0 Å². The van der Waals surface area contributed by atoms with Crippen LogP contribution in [0.25, 0.3) is 11.1 Å². The van der Waals surface area contributed by atoms with Gasteiger partial charge in [-0.15, -0.1) is 11.3 Å². The van der Waals surface area contributed by atoms with Crippen molar-refractivity contribution < 1.29 is 0 Å². The molecule has 3 aromatic heterocycles. The third-order valence-corrected chi connectivity index (χ3v) is 7.29. The van der Waals surface area contributed by atoms with E-state index in [4.69, 9.17) is 0 Å². The number of hydrogen-bond donors (Lipinski definition) is 0. The molecule has 2 atom stereocenters. The minimum atomic E-state index is 0.130. The number of aromatic nitrogens is 2. The molecule has 28 heavy (non-hydrogen) atoms. The molecule has 2 aliphatic rings. The van der Waals surface area contributed by atoms with Crippen LogP contribution < -0.4 is 5.56 Å². The molecule has 1 saturated heterocycles. The Labute approximate surface area is 169 Å². The molecule has 2 aliphatic heterocycles. The molecule has 5 heterocycles. The Bertz CT molecular complexity index is 1040. The van der Waals surface area contributed by atoms with Gasteiger partial charge in [0.05, 0.1) is 0 Å². The molecule has 0 radical (unpaired) electrons. The molecule has 4 nitrogen and oxygen atoms in total. The van der Waals surface area contributed by atoms with Crippen LogP contribution in [-0.2, 0) is 19.5 Å². The van der Waals surface area contributed by atoms with E-state index in [-0.39, 0.29) is 5.56 Å². The second-order valence-electron chi connectivity index (χ2n) is 8.07. The van der Waals surface area contributed by atoms with Gasteiger partial charge in [-0.25, -0.2) is 0 Å². The maximum Gasteiger partial charge on any atom is 0.251 e. The maximum absolute atomic E-state index is 12.8. The van der Waals surface area contributed by atoms with E-state index in [0.717, 1.165) is 43.7 Å². The number of piperidine rings is 1. The van der Waals surface area contributed by atoms with Gasteiger partial charge in [-0.2, -0.15) is 0 Å². The molecule has 0 aromatic carbocycles. The van der Waals surface area contributed by atoms with Crippen LogP contribution in [0.15, 0.2) is 53.6 Å². The fraction of sp³-hybridized carbons (Fsp3) is 0.391. The molecule has 5 heteroatoms. The predicted molar refractivity (Wildman–Crippen MR) is 114 cm³/mol. The zero-order chi connectivity index (χ0) is 19.1. The number of aryl methyl sites for hydroxylation is 1. The van der Waals surface area contributed by atoms with E-state index < -0.39 is 0 Å². The lowest BCUT2D eigenvalue weighted by molar-refractivity contribution is 0.115. The Morgan fingerprint density at radius 2 is 2.00 bits per heavy atom. The summed E-state index contributed by atoms with van der Waals surface area (Å²) < 4.78 is 2.02. The highest BCUT2D eigenvalue weighted by atomic mass is 32.1. The average Bonchev–Trinajstić information content (AvgIpc) is 3.17. The Balaban J connectivity index is 1.43. The summed E-state index contributed by atoms with van der Waals surface area (Å²) in [6.07, 6.45) is 5.92. The van der Waals surface area contributed by atoms with Crippen LogP contribution in [0, 0.1) is 5.92 Å². The van der Waals surface area contributed by atoms with Gasteiger partial charge >= 0.3 is 0 Å². The summed E-state index contributed by atoms with van der Waals surface area (Å²) in [6.45, 7) is 6.22. The number of rotatable bonds is 4. The molecule has 144 valence electrons. The molecule has 0 N–H and O–H groups in total. The van der Waals surface area contributed by atoms with Crippen molar-refractivity contribution in [2.24, 2.45) is 5.92 Å². The van der Waals surface area contributed by atoms with Gasteiger partial charge in [-0.1, -0.05) is 13.0 Å². The normalized spacial score (nSPS) is 21.5. The molecule has 0 spiro atoms. The quantitative estimate of drug-likeness (QED) is 0.670. The summed E-state index contributed by atoms with van der Waals surface area (Å²) in [6, 6.07) is 12.5. The van der Waals surface area contributed by atoms with E-state index in [1.54, 1.807) is 12.3 Å². The highest BCUT2D eigenvalue weighted by molar-refractivity contribution is 7.11. The SMILES string of the molecule is CCc1ccc(CN2C[C@@H]3C[C@H](C2)c2cc(-c4cccnc4)cc(=O)n2C3)s1. The van der Waals surface area contributed by atoms with E-state index >= 15 is 0 Å². The topological polar surface area (TPSA) is 38.1 Å². The molecular weight excluding hydrogens is 366 g/mol. The first-order valence-corrected chi connectivity index (χ1v) is 11.0. The number of likely N-dealkylation sites (tertiary alicyclic amines) is 1. The van der Waals surface area contributed by atoms with Crippen molar-refractivity contribution >= 4 is 11.3 Å². The van der Waals surface area contributed by atoms with Crippen LogP contribution in [0.2, 0.25) is 0 Å². The second-order valence-corrected chi connectivity index (χ2v) is 9.33. The first kappa shape index (κ1) is 17.8. The van der Waals surface area contributed by atoms with Crippen LogP contribution in [-0.4, -0.2) is 27.5 Å². The smallest absolute Gasteiger partial charge is 0.251 e. The van der Waals surface area contributed by atoms with Crippen molar-refractivity contribution in [3.8, 4) is 11.1 Å². The molecule has 1 fully saturated rings. The summed E-state index contributed by atoms with van der Waals surface area (Å²) in [5, 5.41) is 0. The van der Waals surface area contributed by atoms with Crippen molar-refractivity contribution in [2.75, 3.05) is 13.1 Å². The Morgan fingerprint density at radius 3 is 2.79 bits per heavy atom. The van der Waals surface area contributed by atoms with E-state index in [1.807, 2.05) is 34.2 Å². The van der Waals surface area contributed by atoms with Crippen molar-refractivity contribution in [2.45, 2.75) is 38.8 Å². The van der Waals surface area contributed by atoms with Crippen molar-refractivity contribution in [1.82, 2.24) is 14.5 Å². The molecule has 0 unspecified atom stereocenters. The summed E-state index contributed by atoms with van der Waals surface area (Å²) in [5.41, 5.74) is 3.34. The van der Waals surface area contributed by atoms with E-state index in [2.05, 4.69) is 35.0 Å². The van der Waals surface area contributed by atoms with Gasteiger partial charge in [0.1, 0.15) is 0 Å². The van der Waals surface area contributed by atoms with Crippen LogP contribution in [0.4, 0.5) is 0 Å². The number of fused-ring (bicyclic) bond motifs is 4. The fourth-order valence-corrected chi connectivity index (χ4v) is 5.81. The molecule has 0 saturated carbocycles. The lowest BCUT2D eigenvalue weighted by atomic mass is 9.82. The number of hydrogen-bond acceptors (Lipinski definition) is 4. The monoisotopic (exact) mass is 391 g/mol. The van der Waals surface area contributed by atoms with Crippen molar-refractivity contribution in [3.05, 3.63) is 74.6 Å². The van der Waals surface area contributed by atoms with E-state index in [0.29, 0.717) is 11.8 Å². The number of thiophene rings is 1. The van der Waals surface area contributed by atoms with Gasteiger partial charge in [0, 0.05) is 71.6 Å². The van der Waals surface area contributed by atoms with Crippen LogP contribution in [0.5, 0.6) is 0 Å². The summed E-state index contributed by atoms with van der Waals surface area (Å²) >= 11 is 1.94. The van der Waals surface area contributed by atoms with Gasteiger partial charge < -0.3 is 4.57 Å². The molecule has 0 aliphatic carbocycles. The molecular formula is C23H25N3OS. The van der Waals surface area contributed by atoms with Crippen molar-refractivity contribution in [1.29, 1.82) is 0 Å². The summed E-state index contributed by atoms with van der Waals surface area (Å²) in [7, 11) is 0. The first-order valence-electron chi connectivity index (χ1n) is 10.1. The van der Waals surface area contributed by atoms with Crippen LogP contribution >= 0.6 is 11.3 Å². The van der Waals surface area contributed by atoms with Crippen molar-refractivity contribution in [3.63, 3.8) is 0 Å². The van der Waals surface area contributed by atoms with Gasteiger partial charge in [-0.05, 0) is 48.6 Å². The van der Waals surface area contributed by atoms with Gasteiger partial charge in [0.25, 0.3) is 5.56 Å². The second kappa shape index (κ2) is 7.30. The van der Waals surface area contributed by atoms with Crippen LogP contribution in [0.1, 0.15) is 34.7 Å². The van der Waals surface area contributed by atoms with Gasteiger partial charge in [-0.3, -0.25) is 14.7 Å². The molecule has 0 amide bonds. The average molecular weight is 392 g/mol. The maximum atomic E-state index is 12.8. The molecule has 3 aromatic rings. The summed E-state index contributed by atoms with van der Waals surface area (Å²) in [5.74, 6) is 1.00. The number of pyridine rings is 2. The minimum absolute atomic E-state index is 0.130. The highest BCUT2D eigenvalue weighted by Crippen LogP contribution is 2.37. The van der Waals surface area contributed by atoms with E-state index in [9.17, 15) is 4.79 Å². The van der Waals surface area contributed by atoms with Gasteiger partial charge in [0.15, 0.2) is 0 Å². The Morgan fingerprint density at radius 1 is 1.11 bits per heavy atom. The van der Waals surface area contributed by atoms with E-state index in [1.165, 1.54) is 21.9 Å².